The Morgan fingerprint density at radius 2 is 1.88 bits per heavy atom. The lowest BCUT2D eigenvalue weighted by Gasteiger charge is -2.18. The molecule has 17 heavy (non-hydrogen) atoms. The third kappa shape index (κ3) is 6.26. The van der Waals surface area contributed by atoms with E-state index in [1.54, 1.807) is 0 Å². The number of carboxylic acids is 1. The summed E-state index contributed by atoms with van der Waals surface area (Å²) in [6.07, 6.45) is 1.54. The first kappa shape index (κ1) is 15.9. The first-order valence-electron chi connectivity index (χ1n) is 6.10. The molecule has 5 nitrogen and oxygen atoms in total. The first-order chi connectivity index (χ1) is 7.90. The summed E-state index contributed by atoms with van der Waals surface area (Å²) in [6, 6.07) is 0. The summed E-state index contributed by atoms with van der Waals surface area (Å²) < 4.78 is 0. The van der Waals surface area contributed by atoms with E-state index in [9.17, 15) is 9.59 Å². The summed E-state index contributed by atoms with van der Waals surface area (Å²) in [5, 5.41) is 11.7. The largest absolute Gasteiger partial charge is 0.481 e. The molecule has 0 aromatic rings. The summed E-state index contributed by atoms with van der Waals surface area (Å²) in [5.41, 5.74) is 5.37. The molecule has 0 radical (unpaired) electrons. The number of carbonyl (C=O) groups is 2. The SMILES string of the molecule is CC(CCCN)C(=O)NCC(C(=O)O)C(C)C. The Labute approximate surface area is 103 Å². The Bertz CT molecular complexity index is 254. The van der Waals surface area contributed by atoms with Crippen LogP contribution in [0.2, 0.25) is 0 Å². The lowest BCUT2D eigenvalue weighted by Crippen LogP contribution is -2.38. The minimum absolute atomic E-state index is 0.00662. The normalized spacial score (nSPS) is 14.4. The molecular weight excluding hydrogens is 220 g/mol. The number of nitrogens with two attached hydrogens (primary N) is 1. The average molecular weight is 244 g/mol. The highest BCUT2D eigenvalue weighted by atomic mass is 16.4. The van der Waals surface area contributed by atoms with Crippen LogP contribution in [-0.2, 0) is 9.59 Å². The summed E-state index contributed by atoms with van der Waals surface area (Å²) in [7, 11) is 0. The van der Waals surface area contributed by atoms with Crippen LogP contribution < -0.4 is 11.1 Å². The van der Waals surface area contributed by atoms with Crippen LogP contribution in [-0.4, -0.2) is 30.1 Å². The van der Waals surface area contributed by atoms with Crippen LogP contribution in [0.4, 0.5) is 0 Å². The van der Waals surface area contributed by atoms with Gasteiger partial charge in [0.15, 0.2) is 0 Å². The lowest BCUT2D eigenvalue weighted by atomic mass is 9.95. The van der Waals surface area contributed by atoms with Crippen molar-refractivity contribution in [3.63, 3.8) is 0 Å². The molecule has 0 rings (SSSR count). The van der Waals surface area contributed by atoms with Crippen LogP contribution in [0.5, 0.6) is 0 Å². The van der Waals surface area contributed by atoms with Crippen LogP contribution >= 0.6 is 0 Å². The Morgan fingerprint density at radius 3 is 2.29 bits per heavy atom. The van der Waals surface area contributed by atoms with E-state index >= 15 is 0 Å². The van der Waals surface area contributed by atoms with Gasteiger partial charge in [0.05, 0.1) is 5.92 Å². The number of carboxylic acid groups (broad SMARTS) is 1. The second-order valence-electron chi connectivity index (χ2n) is 4.77. The van der Waals surface area contributed by atoms with E-state index in [2.05, 4.69) is 5.32 Å². The van der Waals surface area contributed by atoms with Gasteiger partial charge in [-0.1, -0.05) is 20.8 Å². The smallest absolute Gasteiger partial charge is 0.308 e. The Morgan fingerprint density at radius 1 is 1.29 bits per heavy atom. The maximum atomic E-state index is 11.7. The summed E-state index contributed by atoms with van der Waals surface area (Å²) in [6.45, 7) is 6.27. The van der Waals surface area contributed by atoms with Crippen molar-refractivity contribution < 1.29 is 14.7 Å². The van der Waals surface area contributed by atoms with Crippen molar-refractivity contribution in [2.45, 2.75) is 33.6 Å². The predicted molar refractivity (Wildman–Crippen MR) is 66.4 cm³/mol. The van der Waals surface area contributed by atoms with E-state index in [4.69, 9.17) is 10.8 Å². The van der Waals surface area contributed by atoms with Gasteiger partial charge in [-0.15, -0.1) is 0 Å². The molecule has 0 fully saturated rings. The van der Waals surface area contributed by atoms with Gasteiger partial charge in [0.1, 0.15) is 0 Å². The second-order valence-corrected chi connectivity index (χ2v) is 4.77. The van der Waals surface area contributed by atoms with Crippen molar-refractivity contribution in [3.8, 4) is 0 Å². The van der Waals surface area contributed by atoms with Gasteiger partial charge in [-0.3, -0.25) is 9.59 Å². The molecule has 0 saturated carbocycles. The van der Waals surface area contributed by atoms with E-state index in [0.717, 1.165) is 12.8 Å². The molecule has 100 valence electrons. The summed E-state index contributed by atoms with van der Waals surface area (Å²) in [4.78, 5) is 22.6. The maximum Gasteiger partial charge on any atom is 0.308 e. The van der Waals surface area contributed by atoms with Crippen molar-refractivity contribution in [2.24, 2.45) is 23.5 Å². The minimum atomic E-state index is -0.866. The van der Waals surface area contributed by atoms with E-state index in [1.165, 1.54) is 0 Å². The number of nitrogens with one attached hydrogen (secondary N) is 1. The van der Waals surface area contributed by atoms with E-state index in [1.807, 2.05) is 20.8 Å². The van der Waals surface area contributed by atoms with E-state index in [0.29, 0.717) is 6.54 Å². The van der Waals surface area contributed by atoms with E-state index < -0.39 is 11.9 Å². The number of carbonyl (C=O) groups excluding carboxylic acids is 1. The summed E-state index contributed by atoms with van der Waals surface area (Å²) in [5.74, 6) is -1.59. The van der Waals surface area contributed by atoms with Gasteiger partial charge in [-0.05, 0) is 25.3 Å². The van der Waals surface area contributed by atoms with Gasteiger partial charge in [0.25, 0.3) is 0 Å². The molecule has 0 aliphatic heterocycles. The van der Waals surface area contributed by atoms with Crippen molar-refractivity contribution in [1.29, 1.82) is 0 Å². The van der Waals surface area contributed by atoms with Crippen molar-refractivity contribution in [1.82, 2.24) is 5.32 Å². The lowest BCUT2D eigenvalue weighted by molar-refractivity contribution is -0.143. The highest BCUT2D eigenvalue weighted by Gasteiger charge is 2.22. The third-order valence-corrected chi connectivity index (χ3v) is 2.91. The monoisotopic (exact) mass is 244 g/mol. The minimum Gasteiger partial charge on any atom is -0.481 e. The number of rotatable bonds is 8. The van der Waals surface area contributed by atoms with Gasteiger partial charge in [0.2, 0.25) is 5.91 Å². The number of aliphatic carboxylic acids is 1. The van der Waals surface area contributed by atoms with Crippen LogP contribution in [0.25, 0.3) is 0 Å². The number of amides is 1. The Kier molecular flexibility index (Phi) is 7.54. The fourth-order valence-electron chi connectivity index (χ4n) is 1.55. The molecule has 0 aliphatic carbocycles. The number of hydrogen-bond acceptors (Lipinski definition) is 3. The van der Waals surface area contributed by atoms with Gasteiger partial charge in [-0.2, -0.15) is 0 Å². The van der Waals surface area contributed by atoms with Crippen molar-refractivity contribution in [2.75, 3.05) is 13.1 Å². The van der Waals surface area contributed by atoms with Crippen LogP contribution in [0, 0.1) is 17.8 Å². The van der Waals surface area contributed by atoms with Crippen LogP contribution in [0.3, 0.4) is 0 Å². The molecule has 5 heteroatoms. The molecule has 2 atom stereocenters. The molecule has 4 N–H and O–H groups in total. The molecule has 2 unspecified atom stereocenters. The highest BCUT2D eigenvalue weighted by Crippen LogP contribution is 2.11. The standard InChI is InChI=1S/C12H24N2O3/c1-8(2)10(12(16)17)7-14-11(15)9(3)5-4-6-13/h8-10H,4-7,13H2,1-3H3,(H,14,15)(H,16,17). The third-order valence-electron chi connectivity index (χ3n) is 2.91. The van der Waals surface area contributed by atoms with Gasteiger partial charge in [-0.25, -0.2) is 0 Å². The van der Waals surface area contributed by atoms with Crippen molar-refractivity contribution in [3.05, 3.63) is 0 Å². The average Bonchev–Trinajstić information content (AvgIpc) is 2.24. The molecule has 0 spiro atoms. The Balaban J connectivity index is 4.08. The van der Waals surface area contributed by atoms with Gasteiger partial charge >= 0.3 is 5.97 Å². The summed E-state index contributed by atoms with van der Waals surface area (Å²) >= 11 is 0. The predicted octanol–water partition coefficient (Wildman–Crippen LogP) is 0.834. The zero-order chi connectivity index (χ0) is 13.4. The molecule has 0 heterocycles. The molecule has 0 aromatic carbocycles. The topological polar surface area (TPSA) is 92.4 Å². The molecule has 0 aromatic heterocycles. The molecular formula is C12H24N2O3. The zero-order valence-corrected chi connectivity index (χ0v) is 10.9. The van der Waals surface area contributed by atoms with Gasteiger partial charge in [0, 0.05) is 12.5 Å². The maximum absolute atomic E-state index is 11.7. The van der Waals surface area contributed by atoms with Gasteiger partial charge < -0.3 is 16.2 Å². The molecule has 0 aliphatic rings. The molecule has 0 bridgehead atoms. The first-order valence-corrected chi connectivity index (χ1v) is 6.10. The van der Waals surface area contributed by atoms with E-state index in [-0.39, 0.29) is 24.3 Å². The fraction of sp³-hybridized carbons (Fsp3) is 0.833. The molecule has 0 saturated heterocycles. The Hall–Kier alpha value is -1.10. The quantitative estimate of drug-likeness (QED) is 0.589. The molecule has 1 amide bonds. The van der Waals surface area contributed by atoms with Crippen LogP contribution in [0.15, 0.2) is 0 Å². The van der Waals surface area contributed by atoms with Crippen LogP contribution in [0.1, 0.15) is 33.6 Å². The highest BCUT2D eigenvalue weighted by molar-refractivity contribution is 5.79. The van der Waals surface area contributed by atoms with Crippen molar-refractivity contribution >= 4 is 11.9 Å². The fourth-order valence-corrected chi connectivity index (χ4v) is 1.55. The number of hydrogen-bond donors (Lipinski definition) is 3. The second kappa shape index (κ2) is 8.06. The zero-order valence-electron chi connectivity index (χ0n) is 10.9.